The number of amides is 4. The van der Waals surface area contributed by atoms with E-state index in [1.54, 1.807) is 24.3 Å². The maximum absolute atomic E-state index is 15.6. The Hall–Kier alpha value is -5.77. The highest BCUT2D eigenvalue weighted by molar-refractivity contribution is 6.32. The number of anilines is 3. The molecule has 0 bridgehead atoms. The van der Waals surface area contributed by atoms with Gasteiger partial charge in [0.2, 0.25) is 23.6 Å². The third kappa shape index (κ3) is 4.96. The molecule has 10 heteroatoms. The van der Waals surface area contributed by atoms with Gasteiger partial charge in [0.05, 0.1) is 47.8 Å². The molecule has 280 valence electrons. The molecule has 5 aromatic rings. The lowest BCUT2D eigenvalue weighted by Gasteiger charge is -2.50. The van der Waals surface area contributed by atoms with Crippen LogP contribution in [0.2, 0.25) is 5.02 Å². The predicted molar refractivity (Wildman–Crippen MR) is 214 cm³/mol. The number of rotatable bonds is 5. The zero-order chi connectivity index (χ0) is 38.3. The van der Waals surface area contributed by atoms with Crippen LogP contribution in [0.3, 0.4) is 0 Å². The van der Waals surface area contributed by atoms with E-state index in [1.165, 1.54) is 9.80 Å². The molecule has 4 fully saturated rings. The largest absolute Gasteiger partial charge is 0.507 e. The molecule has 3 heterocycles. The molecule has 9 nitrogen and oxygen atoms in total. The number of halogens is 1. The standard InChI is InChI=1S/C46H38ClN3O6/c47-29-10-6-11-32(25-29)50-43(53)38-26-37-34(19-20-35-39(37)44(54)49(42(35)52)31-16-14-30(15-17-31)48-21-23-56-24-22-48)40(46(38,45(50)55)28-8-2-1-3-9-28)36-18-13-27-7-4-5-12-33(27)41(36)51/h1-19,25,35,37-40,51H,20-24,26H2. The van der Waals surface area contributed by atoms with E-state index < -0.39 is 46.8 Å². The van der Waals surface area contributed by atoms with E-state index in [9.17, 15) is 14.7 Å². The van der Waals surface area contributed by atoms with Gasteiger partial charge in [0.1, 0.15) is 5.75 Å². The highest BCUT2D eigenvalue weighted by Gasteiger charge is 2.70. The summed E-state index contributed by atoms with van der Waals surface area (Å²) in [5, 5.41) is 14.1. The molecule has 0 radical (unpaired) electrons. The summed E-state index contributed by atoms with van der Waals surface area (Å²) in [7, 11) is 0. The zero-order valence-corrected chi connectivity index (χ0v) is 31.1. The third-order valence-electron chi connectivity index (χ3n) is 12.9. The first-order valence-electron chi connectivity index (χ1n) is 19.2. The van der Waals surface area contributed by atoms with Crippen LogP contribution in [0.5, 0.6) is 5.75 Å². The minimum Gasteiger partial charge on any atom is -0.507 e. The van der Waals surface area contributed by atoms with Crippen molar-refractivity contribution in [2.45, 2.75) is 24.2 Å². The number of fused-ring (bicyclic) bond motifs is 5. The first-order chi connectivity index (χ1) is 27.3. The molecule has 6 atom stereocenters. The SMILES string of the molecule is O=C1C2CC=C3C(CC4C(=O)N(c5cccc(Cl)c5)C(=O)C4(c4ccccc4)C3c3ccc4ccccc4c3O)C2C(=O)N1c1ccc(N2CCOCC2)cc1. The van der Waals surface area contributed by atoms with Crippen LogP contribution in [0.25, 0.3) is 10.8 Å². The minimum atomic E-state index is -1.49. The molecular formula is C46H38ClN3O6. The highest BCUT2D eigenvalue weighted by Crippen LogP contribution is 2.65. The van der Waals surface area contributed by atoms with E-state index in [0.717, 1.165) is 29.7 Å². The van der Waals surface area contributed by atoms with Crippen molar-refractivity contribution in [2.24, 2.45) is 23.7 Å². The molecule has 3 aliphatic heterocycles. The molecule has 0 aromatic heterocycles. The number of carbonyl (C=O) groups excluding carboxylic acids is 4. The van der Waals surface area contributed by atoms with Crippen molar-refractivity contribution >= 4 is 63.1 Å². The normalized spacial score (nSPS) is 27.3. The van der Waals surface area contributed by atoms with Gasteiger partial charge in [-0.05, 0) is 72.2 Å². The molecule has 1 saturated carbocycles. The summed E-state index contributed by atoms with van der Waals surface area (Å²) in [4.78, 5) is 64.6. The number of hydrogen-bond acceptors (Lipinski definition) is 7. The number of nitrogens with zero attached hydrogens (tertiary/aromatic N) is 3. The maximum Gasteiger partial charge on any atom is 0.246 e. The van der Waals surface area contributed by atoms with Gasteiger partial charge in [0.15, 0.2) is 0 Å². The summed E-state index contributed by atoms with van der Waals surface area (Å²) in [6, 6.07) is 34.9. The number of hydrogen-bond donors (Lipinski definition) is 1. The summed E-state index contributed by atoms with van der Waals surface area (Å²) < 4.78 is 5.51. The highest BCUT2D eigenvalue weighted by atomic mass is 35.5. The van der Waals surface area contributed by atoms with E-state index in [4.69, 9.17) is 16.3 Å². The van der Waals surface area contributed by atoms with Gasteiger partial charge < -0.3 is 14.7 Å². The fourth-order valence-corrected chi connectivity index (χ4v) is 10.7. The molecule has 5 aliphatic rings. The molecule has 10 rings (SSSR count). The van der Waals surface area contributed by atoms with Crippen LogP contribution in [0, 0.1) is 23.7 Å². The topological polar surface area (TPSA) is 107 Å². The van der Waals surface area contributed by atoms with E-state index in [-0.39, 0.29) is 30.4 Å². The molecule has 6 unspecified atom stereocenters. The molecule has 5 aromatic carbocycles. The lowest BCUT2D eigenvalue weighted by molar-refractivity contribution is -0.127. The molecule has 2 aliphatic carbocycles. The number of benzene rings is 5. The van der Waals surface area contributed by atoms with Crippen molar-refractivity contribution in [3.63, 3.8) is 0 Å². The van der Waals surface area contributed by atoms with Crippen molar-refractivity contribution in [1.29, 1.82) is 0 Å². The lowest BCUT2D eigenvalue weighted by Crippen LogP contribution is -2.53. The van der Waals surface area contributed by atoms with Crippen LogP contribution in [0.4, 0.5) is 17.1 Å². The Morgan fingerprint density at radius 1 is 0.696 bits per heavy atom. The van der Waals surface area contributed by atoms with Crippen molar-refractivity contribution in [3.05, 3.63) is 143 Å². The molecule has 0 spiro atoms. The monoisotopic (exact) mass is 763 g/mol. The average molecular weight is 764 g/mol. The van der Waals surface area contributed by atoms with Gasteiger partial charge >= 0.3 is 0 Å². The van der Waals surface area contributed by atoms with Crippen LogP contribution in [0.15, 0.2) is 127 Å². The number of ether oxygens (including phenoxy) is 1. The summed E-state index contributed by atoms with van der Waals surface area (Å²) in [6.07, 6.45) is 2.46. The van der Waals surface area contributed by atoms with Crippen molar-refractivity contribution in [1.82, 2.24) is 0 Å². The molecule has 3 saturated heterocycles. The second-order valence-electron chi connectivity index (χ2n) is 15.4. The Morgan fingerprint density at radius 2 is 1.43 bits per heavy atom. The van der Waals surface area contributed by atoms with E-state index in [0.29, 0.717) is 46.1 Å². The number of imide groups is 2. The van der Waals surface area contributed by atoms with Crippen LogP contribution in [-0.2, 0) is 29.3 Å². The van der Waals surface area contributed by atoms with Gasteiger partial charge in [0, 0.05) is 40.7 Å². The Bertz CT molecular complexity index is 2480. The lowest BCUT2D eigenvalue weighted by atomic mass is 9.49. The molecule has 1 N–H and O–H groups in total. The summed E-state index contributed by atoms with van der Waals surface area (Å²) in [6.45, 7) is 2.80. The first kappa shape index (κ1) is 34.7. The second kappa shape index (κ2) is 13.2. The Balaban J connectivity index is 1.14. The van der Waals surface area contributed by atoms with Gasteiger partial charge in [-0.1, -0.05) is 96.0 Å². The van der Waals surface area contributed by atoms with Gasteiger partial charge in [-0.25, -0.2) is 4.90 Å². The number of aromatic hydroxyl groups is 1. The number of morpholine rings is 1. The molecule has 4 amide bonds. The average Bonchev–Trinajstić information content (AvgIpc) is 3.62. The third-order valence-corrected chi connectivity index (χ3v) is 13.1. The second-order valence-corrected chi connectivity index (χ2v) is 15.9. The maximum atomic E-state index is 15.6. The van der Waals surface area contributed by atoms with E-state index in [1.807, 2.05) is 97.1 Å². The quantitative estimate of drug-likeness (QED) is 0.147. The van der Waals surface area contributed by atoms with Gasteiger partial charge in [-0.15, -0.1) is 0 Å². The molecule has 56 heavy (non-hydrogen) atoms. The van der Waals surface area contributed by atoms with Gasteiger partial charge in [0.25, 0.3) is 0 Å². The number of phenols is 1. The summed E-state index contributed by atoms with van der Waals surface area (Å²) in [5.41, 5.74) is 2.29. The van der Waals surface area contributed by atoms with Gasteiger partial charge in [-0.2, -0.15) is 0 Å². The summed E-state index contributed by atoms with van der Waals surface area (Å²) in [5.74, 6) is -5.12. The summed E-state index contributed by atoms with van der Waals surface area (Å²) >= 11 is 6.45. The number of allylic oxidation sites excluding steroid dienone is 2. The van der Waals surface area contributed by atoms with E-state index >= 15 is 9.59 Å². The Labute approximate surface area is 328 Å². The number of carbonyl (C=O) groups is 4. The van der Waals surface area contributed by atoms with Crippen LogP contribution >= 0.6 is 11.6 Å². The fourth-order valence-electron chi connectivity index (χ4n) is 10.5. The fraction of sp³-hybridized carbons (Fsp3) is 0.261. The minimum absolute atomic E-state index is 0.0168. The van der Waals surface area contributed by atoms with E-state index in [2.05, 4.69) is 4.90 Å². The van der Waals surface area contributed by atoms with Gasteiger partial charge in [-0.3, -0.25) is 24.1 Å². The smallest absolute Gasteiger partial charge is 0.246 e. The van der Waals surface area contributed by atoms with Crippen LogP contribution < -0.4 is 14.7 Å². The predicted octanol–water partition coefficient (Wildman–Crippen LogP) is 7.40. The Morgan fingerprint density at radius 3 is 2.20 bits per heavy atom. The first-order valence-corrected chi connectivity index (χ1v) is 19.6. The van der Waals surface area contributed by atoms with Crippen molar-refractivity contribution in [2.75, 3.05) is 41.0 Å². The van der Waals surface area contributed by atoms with Crippen LogP contribution in [0.1, 0.15) is 29.9 Å². The van der Waals surface area contributed by atoms with Crippen molar-refractivity contribution < 1.29 is 29.0 Å². The van der Waals surface area contributed by atoms with Crippen LogP contribution in [-0.4, -0.2) is 55.0 Å². The zero-order valence-electron chi connectivity index (χ0n) is 30.4. The molecular weight excluding hydrogens is 726 g/mol. The number of phenolic OH excluding ortho intramolecular Hbond substituents is 1. The van der Waals surface area contributed by atoms with Crippen molar-refractivity contribution in [3.8, 4) is 5.75 Å². The Kier molecular flexibility index (Phi) is 8.16.